The number of nitrogens with zero attached hydrogens (tertiary/aromatic N) is 1. The molecule has 0 amide bonds. The molecule has 0 aromatic carbocycles. The molecule has 3 N–H and O–H groups in total. The van der Waals surface area contributed by atoms with Crippen molar-refractivity contribution >= 4 is 11.6 Å². The highest BCUT2D eigenvalue weighted by molar-refractivity contribution is 6.18. The van der Waals surface area contributed by atoms with Crippen molar-refractivity contribution in [1.82, 2.24) is 9.55 Å². The van der Waals surface area contributed by atoms with E-state index >= 15 is 0 Å². The molecule has 0 aliphatic carbocycles. The van der Waals surface area contributed by atoms with Crippen LogP contribution < -0.4 is 11.2 Å². The maximum Gasteiger partial charge on any atom is 0.330 e. The zero-order valence-electron chi connectivity index (χ0n) is 10.7. The summed E-state index contributed by atoms with van der Waals surface area (Å²) < 4.78 is 11.8. The Morgan fingerprint density at radius 2 is 2.30 bits per heavy atom. The fourth-order valence-electron chi connectivity index (χ4n) is 2.20. The Labute approximate surface area is 118 Å². The molecule has 9 heteroatoms. The van der Waals surface area contributed by atoms with Gasteiger partial charge in [-0.25, -0.2) is 4.79 Å². The molecular formula is C11H15ClN2O6. The van der Waals surface area contributed by atoms with E-state index in [0.29, 0.717) is 0 Å². The first-order valence-electron chi connectivity index (χ1n) is 5.86. The number of nitrogens with one attached hydrogen (secondary N) is 1. The SMILES string of the molecule is CO[C@@H]1[C@H](n2ccc(=O)[nH]c2=O)O[C@@](CO)(CCl)[C@H]1O. The number of aliphatic hydroxyl groups is 2. The minimum Gasteiger partial charge on any atom is -0.393 e. The van der Waals surface area contributed by atoms with Gasteiger partial charge in [-0.05, 0) is 0 Å². The van der Waals surface area contributed by atoms with Crippen molar-refractivity contribution in [2.45, 2.75) is 24.0 Å². The summed E-state index contributed by atoms with van der Waals surface area (Å²) in [6.07, 6.45) is -1.92. The lowest BCUT2D eigenvalue weighted by Gasteiger charge is -2.27. The van der Waals surface area contributed by atoms with Crippen molar-refractivity contribution < 1.29 is 19.7 Å². The second kappa shape index (κ2) is 5.66. The third kappa shape index (κ3) is 2.29. The van der Waals surface area contributed by atoms with E-state index in [-0.39, 0.29) is 5.88 Å². The van der Waals surface area contributed by atoms with E-state index in [0.717, 1.165) is 10.6 Å². The van der Waals surface area contributed by atoms with Gasteiger partial charge in [-0.1, -0.05) is 0 Å². The third-order valence-corrected chi connectivity index (χ3v) is 3.83. The number of methoxy groups -OCH3 is 1. The van der Waals surface area contributed by atoms with Gasteiger partial charge in [0.2, 0.25) is 0 Å². The number of aliphatic hydroxyl groups excluding tert-OH is 2. The number of halogens is 1. The van der Waals surface area contributed by atoms with Crippen LogP contribution in [0.3, 0.4) is 0 Å². The predicted octanol–water partition coefficient (Wildman–Crippen LogP) is -1.59. The Hall–Kier alpha value is -1.19. The van der Waals surface area contributed by atoms with Gasteiger partial charge >= 0.3 is 5.69 Å². The number of hydrogen-bond acceptors (Lipinski definition) is 6. The molecule has 1 saturated heterocycles. The van der Waals surface area contributed by atoms with Gasteiger partial charge in [0.1, 0.15) is 17.8 Å². The van der Waals surface area contributed by atoms with Crippen LogP contribution in [0.15, 0.2) is 21.9 Å². The molecule has 0 spiro atoms. The normalized spacial score (nSPS) is 33.5. The van der Waals surface area contributed by atoms with Crippen molar-refractivity contribution in [2.75, 3.05) is 19.6 Å². The van der Waals surface area contributed by atoms with Crippen LogP contribution in [-0.2, 0) is 9.47 Å². The monoisotopic (exact) mass is 306 g/mol. The molecule has 4 atom stereocenters. The summed E-state index contributed by atoms with van der Waals surface area (Å²) >= 11 is 5.75. The van der Waals surface area contributed by atoms with E-state index in [1.165, 1.54) is 13.3 Å². The van der Waals surface area contributed by atoms with E-state index < -0.39 is 41.9 Å². The van der Waals surface area contributed by atoms with Crippen LogP contribution in [0.2, 0.25) is 0 Å². The van der Waals surface area contributed by atoms with E-state index in [1.54, 1.807) is 0 Å². The molecule has 2 heterocycles. The maximum absolute atomic E-state index is 11.8. The summed E-state index contributed by atoms with van der Waals surface area (Å²) in [7, 11) is 1.34. The Kier molecular flexibility index (Phi) is 4.31. The summed E-state index contributed by atoms with van der Waals surface area (Å²) in [5.41, 5.74) is -2.69. The molecule has 1 fully saturated rings. The topological polar surface area (TPSA) is 114 Å². The molecule has 0 unspecified atom stereocenters. The van der Waals surface area contributed by atoms with Crippen molar-refractivity contribution in [3.05, 3.63) is 33.1 Å². The number of hydrogen-bond donors (Lipinski definition) is 3. The quantitative estimate of drug-likeness (QED) is 0.578. The Morgan fingerprint density at radius 3 is 2.80 bits per heavy atom. The molecule has 1 aromatic heterocycles. The zero-order chi connectivity index (χ0) is 14.9. The Balaban J connectivity index is 2.46. The molecule has 1 aromatic rings. The van der Waals surface area contributed by atoms with Crippen molar-refractivity contribution in [3.8, 4) is 0 Å². The highest BCUT2D eigenvalue weighted by Crippen LogP contribution is 2.38. The largest absolute Gasteiger partial charge is 0.393 e. The number of alkyl halides is 1. The molecule has 20 heavy (non-hydrogen) atoms. The van der Waals surface area contributed by atoms with Gasteiger partial charge in [-0.2, -0.15) is 0 Å². The molecule has 2 rings (SSSR count). The van der Waals surface area contributed by atoms with Gasteiger partial charge in [0.05, 0.1) is 12.5 Å². The van der Waals surface area contributed by atoms with Gasteiger partial charge < -0.3 is 19.7 Å². The average Bonchev–Trinajstić information content (AvgIpc) is 2.71. The Bertz CT molecular complexity index is 581. The molecular weight excluding hydrogens is 292 g/mol. The lowest BCUT2D eigenvalue weighted by Crippen LogP contribution is -2.48. The highest BCUT2D eigenvalue weighted by atomic mass is 35.5. The molecule has 0 radical (unpaired) electrons. The number of aromatic amines is 1. The van der Waals surface area contributed by atoms with E-state index in [2.05, 4.69) is 4.98 Å². The highest BCUT2D eigenvalue weighted by Gasteiger charge is 2.55. The first-order chi connectivity index (χ1) is 9.49. The van der Waals surface area contributed by atoms with Crippen molar-refractivity contribution in [1.29, 1.82) is 0 Å². The summed E-state index contributed by atoms with van der Waals surface area (Å²) in [4.78, 5) is 24.9. The molecule has 0 bridgehead atoms. The van der Waals surface area contributed by atoms with Crippen LogP contribution in [0.4, 0.5) is 0 Å². The van der Waals surface area contributed by atoms with E-state index in [4.69, 9.17) is 21.1 Å². The van der Waals surface area contributed by atoms with Crippen molar-refractivity contribution in [2.24, 2.45) is 0 Å². The van der Waals surface area contributed by atoms with Gasteiger partial charge in [-0.15, -0.1) is 11.6 Å². The number of rotatable bonds is 4. The van der Waals surface area contributed by atoms with Gasteiger partial charge in [0.25, 0.3) is 5.56 Å². The second-order valence-corrected chi connectivity index (χ2v) is 4.79. The Morgan fingerprint density at radius 1 is 1.60 bits per heavy atom. The summed E-state index contributed by atoms with van der Waals surface area (Å²) in [5, 5.41) is 19.6. The summed E-state index contributed by atoms with van der Waals surface area (Å²) in [6.45, 7) is -0.536. The van der Waals surface area contributed by atoms with E-state index in [1.807, 2.05) is 0 Å². The summed E-state index contributed by atoms with van der Waals surface area (Å²) in [5.74, 6) is -0.181. The lowest BCUT2D eigenvalue weighted by molar-refractivity contribution is -0.116. The summed E-state index contributed by atoms with van der Waals surface area (Å²) in [6, 6.07) is 1.14. The maximum atomic E-state index is 11.8. The number of aromatic nitrogens is 2. The van der Waals surface area contributed by atoms with Gasteiger partial charge in [0.15, 0.2) is 6.23 Å². The number of H-pyrrole nitrogens is 1. The molecule has 1 aliphatic rings. The lowest BCUT2D eigenvalue weighted by atomic mass is 9.98. The standard InChI is InChI=1S/C11H15ClN2O6/c1-19-7-8(17)11(4-12,5-15)20-9(7)14-3-2-6(16)13-10(14)18/h2-3,7-9,15,17H,4-5H2,1H3,(H,13,16,18)/t7-,8-,9+,11+/m0/s1. The minimum atomic E-state index is -1.43. The van der Waals surface area contributed by atoms with Crippen LogP contribution in [-0.4, -0.2) is 57.2 Å². The fourth-order valence-corrected chi connectivity index (χ4v) is 2.51. The van der Waals surface area contributed by atoms with Crippen LogP contribution in [0.5, 0.6) is 0 Å². The molecule has 1 aliphatic heterocycles. The third-order valence-electron chi connectivity index (χ3n) is 3.38. The first kappa shape index (κ1) is 15.2. The van der Waals surface area contributed by atoms with Crippen LogP contribution >= 0.6 is 11.6 Å². The van der Waals surface area contributed by atoms with Crippen LogP contribution in [0, 0.1) is 0 Å². The predicted molar refractivity (Wildman–Crippen MR) is 68.8 cm³/mol. The van der Waals surface area contributed by atoms with Gasteiger partial charge in [-0.3, -0.25) is 14.3 Å². The minimum absolute atomic E-state index is 0.181. The molecule has 112 valence electrons. The second-order valence-electron chi connectivity index (χ2n) is 4.53. The molecule has 0 saturated carbocycles. The fraction of sp³-hybridized carbons (Fsp3) is 0.636. The van der Waals surface area contributed by atoms with E-state index in [9.17, 15) is 19.8 Å². The molecule has 8 nitrogen and oxygen atoms in total. The zero-order valence-corrected chi connectivity index (χ0v) is 11.4. The average molecular weight is 307 g/mol. The first-order valence-corrected chi connectivity index (χ1v) is 6.39. The smallest absolute Gasteiger partial charge is 0.330 e. The van der Waals surface area contributed by atoms with Crippen LogP contribution in [0.25, 0.3) is 0 Å². The number of ether oxygens (including phenoxy) is 2. The van der Waals surface area contributed by atoms with Crippen LogP contribution in [0.1, 0.15) is 6.23 Å². The van der Waals surface area contributed by atoms with Gasteiger partial charge in [0, 0.05) is 19.4 Å². The van der Waals surface area contributed by atoms with Crippen molar-refractivity contribution in [3.63, 3.8) is 0 Å².